The summed E-state index contributed by atoms with van der Waals surface area (Å²) in [4.78, 5) is 7.12. The van der Waals surface area contributed by atoms with Crippen LogP contribution in [0.3, 0.4) is 0 Å². The number of aromatic nitrogens is 1. The molecule has 2 atom stereocenters. The van der Waals surface area contributed by atoms with Crippen LogP contribution in [-0.4, -0.2) is 18.1 Å². The van der Waals surface area contributed by atoms with Crippen molar-refractivity contribution in [2.75, 3.05) is 18.0 Å². The minimum absolute atomic E-state index is 0.608. The lowest BCUT2D eigenvalue weighted by Gasteiger charge is -2.19. The molecule has 92 valence electrons. The maximum Gasteiger partial charge on any atom is 0.129 e. The third-order valence-electron chi connectivity index (χ3n) is 4.29. The van der Waals surface area contributed by atoms with E-state index < -0.39 is 0 Å². The molecular weight excluding hydrogens is 210 g/mol. The predicted molar refractivity (Wildman–Crippen MR) is 69.9 cm³/mol. The maximum atomic E-state index is 5.73. The molecule has 3 heteroatoms. The van der Waals surface area contributed by atoms with Gasteiger partial charge in [-0.1, -0.05) is 6.42 Å². The molecule has 0 spiro atoms. The van der Waals surface area contributed by atoms with Crippen LogP contribution in [0.25, 0.3) is 0 Å². The van der Waals surface area contributed by atoms with E-state index in [0.717, 1.165) is 23.3 Å². The van der Waals surface area contributed by atoms with E-state index in [1.807, 2.05) is 0 Å². The summed E-state index contributed by atoms with van der Waals surface area (Å²) >= 11 is 0. The molecule has 1 aliphatic carbocycles. The summed E-state index contributed by atoms with van der Waals surface area (Å²) in [5.41, 5.74) is 8.01. The van der Waals surface area contributed by atoms with Crippen molar-refractivity contribution in [1.29, 1.82) is 0 Å². The van der Waals surface area contributed by atoms with Gasteiger partial charge in [0.2, 0.25) is 0 Å². The van der Waals surface area contributed by atoms with Crippen molar-refractivity contribution in [2.24, 2.45) is 17.6 Å². The van der Waals surface area contributed by atoms with Crippen molar-refractivity contribution in [3.05, 3.63) is 23.4 Å². The van der Waals surface area contributed by atoms with E-state index in [1.165, 1.54) is 37.9 Å². The number of rotatable bonds is 2. The highest BCUT2D eigenvalue weighted by molar-refractivity contribution is 5.44. The Kier molecular flexibility index (Phi) is 2.79. The fraction of sp³-hybridized carbons (Fsp3) is 0.643. The Labute approximate surface area is 103 Å². The van der Waals surface area contributed by atoms with Crippen molar-refractivity contribution in [3.8, 4) is 0 Å². The lowest BCUT2D eigenvalue weighted by atomic mass is 10.0. The smallest absolute Gasteiger partial charge is 0.129 e. The first-order chi connectivity index (χ1) is 8.26. The molecule has 1 saturated heterocycles. The molecule has 0 radical (unpaired) electrons. The highest BCUT2D eigenvalue weighted by Gasteiger charge is 2.36. The molecule has 3 rings (SSSR count). The van der Waals surface area contributed by atoms with Crippen LogP contribution < -0.4 is 10.6 Å². The van der Waals surface area contributed by atoms with Crippen molar-refractivity contribution in [1.82, 2.24) is 4.98 Å². The molecule has 17 heavy (non-hydrogen) atoms. The van der Waals surface area contributed by atoms with E-state index in [1.54, 1.807) is 0 Å². The minimum Gasteiger partial charge on any atom is -0.356 e. The molecule has 0 amide bonds. The minimum atomic E-state index is 0.608. The van der Waals surface area contributed by atoms with Gasteiger partial charge >= 0.3 is 0 Å². The monoisotopic (exact) mass is 231 g/mol. The molecule has 0 bridgehead atoms. The number of anilines is 1. The van der Waals surface area contributed by atoms with Gasteiger partial charge in [-0.2, -0.15) is 0 Å². The molecular formula is C14H21N3. The second kappa shape index (κ2) is 4.30. The Morgan fingerprint density at radius 1 is 1.29 bits per heavy atom. The fourth-order valence-corrected chi connectivity index (χ4v) is 3.42. The van der Waals surface area contributed by atoms with Gasteiger partial charge in [-0.05, 0) is 49.3 Å². The predicted octanol–water partition coefficient (Wildman–Crippen LogP) is 2.09. The first kappa shape index (κ1) is 11.0. The zero-order chi connectivity index (χ0) is 11.8. The second-order valence-corrected chi connectivity index (χ2v) is 5.54. The Morgan fingerprint density at radius 3 is 2.65 bits per heavy atom. The largest absolute Gasteiger partial charge is 0.356 e. The Morgan fingerprint density at radius 2 is 2.00 bits per heavy atom. The summed E-state index contributed by atoms with van der Waals surface area (Å²) in [5, 5.41) is 0. The van der Waals surface area contributed by atoms with Gasteiger partial charge in [0.1, 0.15) is 5.82 Å². The van der Waals surface area contributed by atoms with Crippen LogP contribution in [0.2, 0.25) is 0 Å². The van der Waals surface area contributed by atoms with E-state index in [9.17, 15) is 0 Å². The molecule has 1 aromatic heterocycles. The van der Waals surface area contributed by atoms with Crippen molar-refractivity contribution in [3.63, 3.8) is 0 Å². The van der Waals surface area contributed by atoms with Crippen LogP contribution in [0.1, 0.15) is 30.5 Å². The highest BCUT2D eigenvalue weighted by Crippen LogP contribution is 2.39. The number of fused-ring (bicyclic) bond motifs is 1. The Hall–Kier alpha value is -1.09. The number of hydrogen-bond donors (Lipinski definition) is 1. The maximum absolute atomic E-state index is 5.73. The molecule has 1 aliphatic heterocycles. The Balaban J connectivity index is 1.82. The van der Waals surface area contributed by atoms with Gasteiger partial charge < -0.3 is 10.6 Å². The number of aryl methyl sites for hydroxylation is 1. The zero-order valence-corrected chi connectivity index (χ0v) is 10.5. The molecule has 1 aromatic rings. The van der Waals surface area contributed by atoms with Gasteiger partial charge in [0, 0.05) is 25.3 Å². The molecule has 2 fully saturated rings. The average Bonchev–Trinajstić information content (AvgIpc) is 2.88. The topological polar surface area (TPSA) is 42.1 Å². The van der Waals surface area contributed by atoms with Gasteiger partial charge in [0.25, 0.3) is 0 Å². The van der Waals surface area contributed by atoms with Crippen molar-refractivity contribution in [2.45, 2.75) is 32.7 Å². The summed E-state index contributed by atoms with van der Waals surface area (Å²) in [6.07, 6.45) is 4.26. The summed E-state index contributed by atoms with van der Waals surface area (Å²) in [7, 11) is 0. The molecule has 0 aromatic carbocycles. The average molecular weight is 231 g/mol. The number of pyridine rings is 1. The van der Waals surface area contributed by atoms with Crippen LogP contribution >= 0.6 is 0 Å². The lowest BCUT2D eigenvalue weighted by molar-refractivity contribution is 0.494. The standard InChI is InChI=1S/C14H21N3/c1-10-5-11(7-15)6-14(16-10)17-8-12-3-2-4-13(12)9-17/h5-6,12-13H,2-4,7-9,15H2,1H3. The Bertz CT molecular complexity index is 404. The summed E-state index contributed by atoms with van der Waals surface area (Å²) in [5.74, 6) is 2.97. The fourth-order valence-electron chi connectivity index (χ4n) is 3.42. The van der Waals surface area contributed by atoms with Crippen LogP contribution in [0.4, 0.5) is 5.82 Å². The molecule has 2 aliphatic rings. The molecule has 2 unspecified atom stereocenters. The van der Waals surface area contributed by atoms with E-state index in [2.05, 4.69) is 28.9 Å². The van der Waals surface area contributed by atoms with Gasteiger partial charge in [-0.3, -0.25) is 0 Å². The lowest BCUT2D eigenvalue weighted by Crippen LogP contribution is -2.22. The van der Waals surface area contributed by atoms with E-state index in [4.69, 9.17) is 5.73 Å². The summed E-state index contributed by atoms with van der Waals surface area (Å²) < 4.78 is 0. The molecule has 1 saturated carbocycles. The number of nitrogens with zero attached hydrogens (tertiary/aromatic N) is 2. The molecule has 3 nitrogen and oxygen atoms in total. The number of hydrogen-bond acceptors (Lipinski definition) is 3. The van der Waals surface area contributed by atoms with Crippen LogP contribution in [0, 0.1) is 18.8 Å². The van der Waals surface area contributed by atoms with Gasteiger partial charge in [0.05, 0.1) is 0 Å². The third-order valence-corrected chi connectivity index (χ3v) is 4.29. The van der Waals surface area contributed by atoms with Gasteiger partial charge in [0.15, 0.2) is 0 Å². The first-order valence-electron chi connectivity index (χ1n) is 6.69. The zero-order valence-electron chi connectivity index (χ0n) is 10.5. The normalized spacial score (nSPS) is 27.5. The van der Waals surface area contributed by atoms with Crippen molar-refractivity contribution >= 4 is 5.82 Å². The SMILES string of the molecule is Cc1cc(CN)cc(N2CC3CCCC3C2)n1. The van der Waals surface area contributed by atoms with Crippen LogP contribution in [-0.2, 0) is 6.54 Å². The van der Waals surface area contributed by atoms with Crippen LogP contribution in [0.5, 0.6) is 0 Å². The van der Waals surface area contributed by atoms with Gasteiger partial charge in [-0.25, -0.2) is 4.98 Å². The highest BCUT2D eigenvalue weighted by atomic mass is 15.2. The van der Waals surface area contributed by atoms with E-state index in [0.29, 0.717) is 6.54 Å². The molecule has 2 heterocycles. The first-order valence-corrected chi connectivity index (χ1v) is 6.69. The summed E-state index contributed by atoms with van der Waals surface area (Å²) in [6, 6.07) is 4.24. The molecule has 2 N–H and O–H groups in total. The van der Waals surface area contributed by atoms with E-state index >= 15 is 0 Å². The second-order valence-electron chi connectivity index (χ2n) is 5.54. The summed E-state index contributed by atoms with van der Waals surface area (Å²) in [6.45, 7) is 5.06. The van der Waals surface area contributed by atoms with E-state index in [-0.39, 0.29) is 0 Å². The van der Waals surface area contributed by atoms with Crippen molar-refractivity contribution < 1.29 is 0 Å². The van der Waals surface area contributed by atoms with Gasteiger partial charge in [-0.15, -0.1) is 0 Å². The van der Waals surface area contributed by atoms with Crippen LogP contribution in [0.15, 0.2) is 12.1 Å². The quantitative estimate of drug-likeness (QED) is 0.847. The number of nitrogens with two attached hydrogens (primary N) is 1. The third kappa shape index (κ3) is 2.04.